The van der Waals surface area contributed by atoms with Gasteiger partial charge in [-0.25, -0.2) is 0 Å². The van der Waals surface area contributed by atoms with Crippen LogP contribution in [0.15, 0.2) is 0 Å². The average molecular weight is 325 g/mol. The summed E-state index contributed by atoms with van der Waals surface area (Å²) in [6.45, 7) is 20.6. The van der Waals surface area contributed by atoms with Gasteiger partial charge in [0.2, 0.25) is 0 Å². The molecular weight excluding hydrogens is 284 g/mol. The lowest BCUT2D eigenvalue weighted by molar-refractivity contribution is 0.352. The minimum Gasteiger partial charge on any atom is -0.0716 e. The Kier molecular flexibility index (Phi) is 5.51. The highest BCUT2D eigenvalue weighted by Gasteiger charge is 2.46. The van der Waals surface area contributed by atoms with Gasteiger partial charge >= 0.3 is 0 Å². The third-order valence-electron chi connectivity index (χ3n) is 7.54. The van der Waals surface area contributed by atoms with Gasteiger partial charge in [0.25, 0.3) is 0 Å². The van der Waals surface area contributed by atoms with Crippen molar-refractivity contribution in [1.29, 1.82) is 0 Å². The van der Waals surface area contributed by atoms with Crippen molar-refractivity contribution in [2.24, 2.45) is 29.6 Å². The predicted octanol–water partition coefficient (Wildman–Crippen LogP) is 6.28. The Hall–Kier alpha value is 0.434. The summed E-state index contributed by atoms with van der Waals surface area (Å²) >= 11 is 0. The van der Waals surface area contributed by atoms with Crippen molar-refractivity contribution in [3.63, 3.8) is 0 Å². The molecule has 0 aromatic rings. The zero-order chi connectivity index (χ0) is 15.9. The van der Waals surface area contributed by atoms with Crippen LogP contribution in [0.5, 0.6) is 0 Å². The fourth-order valence-electron chi connectivity index (χ4n) is 6.05. The Bertz CT molecular complexity index is 332. The molecule has 2 aliphatic carbocycles. The zero-order valence-corrected chi connectivity index (χ0v) is 18.1. The lowest BCUT2D eigenvalue weighted by Gasteiger charge is -2.32. The van der Waals surface area contributed by atoms with Gasteiger partial charge in [-0.1, -0.05) is 79.2 Å². The predicted molar refractivity (Wildman–Crippen MR) is 103 cm³/mol. The van der Waals surface area contributed by atoms with E-state index in [1.165, 1.54) is 5.54 Å². The van der Waals surface area contributed by atoms with Crippen LogP contribution in [0.4, 0.5) is 0 Å². The molecule has 2 saturated carbocycles. The highest BCUT2D eigenvalue weighted by Crippen LogP contribution is 2.54. The lowest BCUT2D eigenvalue weighted by Crippen LogP contribution is -2.29. The molecule has 0 nitrogen and oxygen atoms in total. The fourth-order valence-corrected chi connectivity index (χ4v) is 12.9. The standard InChI is InChI=1S/C19H40Si2/c1-13-14(2)16(4)19(15(13)3)20(5)18-10-9-17(11-18)12-21(6,7)8/h13-20H,9-12H2,1-8H3/t13?,14?,15?,16?,17?,18?,19?,20-/m1/s1. The van der Waals surface area contributed by atoms with Crippen LogP contribution >= 0.6 is 0 Å². The molecule has 0 spiro atoms. The molecular formula is C19H40Si2. The van der Waals surface area contributed by atoms with Crippen LogP contribution in [0.3, 0.4) is 0 Å². The van der Waals surface area contributed by atoms with Gasteiger partial charge in [0.05, 0.1) is 0 Å². The van der Waals surface area contributed by atoms with Crippen LogP contribution in [-0.4, -0.2) is 16.9 Å². The van der Waals surface area contributed by atoms with Gasteiger partial charge in [-0.15, -0.1) is 0 Å². The van der Waals surface area contributed by atoms with Crippen LogP contribution in [0.25, 0.3) is 0 Å². The summed E-state index contributed by atoms with van der Waals surface area (Å²) in [4.78, 5) is 0. The van der Waals surface area contributed by atoms with Crippen LogP contribution in [0, 0.1) is 29.6 Å². The molecule has 0 saturated heterocycles. The first-order valence-electron chi connectivity index (χ1n) is 9.61. The van der Waals surface area contributed by atoms with Crippen molar-refractivity contribution in [3.05, 3.63) is 0 Å². The third-order valence-corrected chi connectivity index (χ3v) is 13.9. The fraction of sp³-hybridized carbons (Fsp3) is 1.00. The number of rotatable bonds is 4. The van der Waals surface area contributed by atoms with Crippen molar-refractivity contribution in [3.8, 4) is 0 Å². The SMILES string of the molecule is CC1C(C)C(C)C([Si@H](C)C2CCC(C[Si](C)(C)C)C2)C1C. The first-order chi connectivity index (χ1) is 9.61. The summed E-state index contributed by atoms with van der Waals surface area (Å²) in [5.41, 5.74) is 2.28. The molecule has 2 heteroatoms. The molecule has 0 aromatic carbocycles. The Morgan fingerprint density at radius 2 is 1.38 bits per heavy atom. The summed E-state index contributed by atoms with van der Waals surface area (Å²) in [6, 6.07) is 1.59. The third kappa shape index (κ3) is 3.86. The van der Waals surface area contributed by atoms with Crippen molar-refractivity contribution in [1.82, 2.24) is 0 Å². The van der Waals surface area contributed by atoms with E-state index in [4.69, 9.17) is 0 Å². The van der Waals surface area contributed by atoms with Crippen molar-refractivity contribution < 1.29 is 0 Å². The molecule has 0 aromatic heterocycles. The molecule has 7 atom stereocenters. The Morgan fingerprint density at radius 1 is 0.857 bits per heavy atom. The molecule has 0 bridgehead atoms. The molecule has 0 heterocycles. The molecule has 0 aliphatic heterocycles. The first kappa shape index (κ1) is 17.8. The highest BCUT2D eigenvalue weighted by atomic mass is 28.3. The summed E-state index contributed by atoms with van der Waals surface area (Å²) in [5, 5.41) is 0. The summed E-state index contributed by atoms with van der Waals surface area (Å²) in [7, 11) is -1.44. The second-order valence-corrected chi connectivity index (χ2v) is 19.0. The second kappa shape index (κ2) is 6.51. The Labute approximate surface area is 137 Å². The lowest BCUT2D eigenvalue weighted by atomic mass is 9.92. The molecule has 2 fully saturated rings. The van der Waals surface area contributed by atoms with E-state index in [0.717, 1.165) is 35.1 Å². The normalized spacial score (nSPS) is 46.0. The topological polar surface area (TPSA) is 0 Å². The highest BCUT2D eigenvalue weighted by molar-refractivity contribution is 6.76. The van der Waals surface area contributed by atoms with Gasteiger partial charge in [-0.2, -0.15) is 0 Å². The minimum absolute atomic E-state index is 0.591. The van der Waals surface area contributed by atoms with Crippen molar-refractivity contribution >= 4 is 16.9 Å². The minimum atomic E-state index is -0.852. The van der Waals surface area contributed by atoms with Crippen molar-refractivity contribution in [2.75, 3.05) is 0 Å². The maximum atomic E-state index is 2.74. The van der Waals surface area contributed by atoms with E-state index in [1.54, 1.807) is 25.3 Å². The maximum absolute atomic E-state index is 2.74. The summed E-state index contributed by atoms with van der Waals surface area (Å²) in [6.07, 6.45) is 4.75. The van der Waals surface area contributed by atoms with Crippen LogP contribution in [0.1, 0.15) is 47.0 Å². The Balaban J connectivity index is 1.97. The van der Waals surface area contributed by atoms with E-state index in [-0.39, 0.29) is 0 Å². The average Bonchev–Trinajstić information content (AvgIpc) is 2.88. The first-order valence-corrected chi connectivity index (χ1v) is 15.8. The molecule has 21 heavy (non-hydrogen) atoms. The molecule has 124 valence electrons. The second-order valence-electron chi connectivity index (χ2n) is 10.1. The molecule has 2 aliphatic rings. The van der Waals surface area contributed by atoms with Gasteiger partial charge < -0.3 is 0 Å². The monoisotopic (exact) mass is 324 g/mol. The van der Waals surface area contributed by atoms with Crippen LogP contribution in [-0.2, 0) is 0 Å². The molecule has 6 unspecified atom stereocenters. The van der Waals surface area contributed by atoms with E-state index in [1.807, 2.05) is 0 Å². The van der Waals surface area contributed by atoms with E-state index in [0.29, 0.717) is 0 Å². The quantitative estimate of drug-likeness (QED) is 0.534. The summed E-state index contributed by atoms with van der Waals surface area (Å²) in [5.74, 6) is 5.00. The van der Waals surface area contributed by atoms with E-state index in [9.17, 15) is 0 Å². The van der Waals surface area contributed by atoms with Crippen LogP contribution < -0.4 is 0 Å². The molecule has 0 amide bonds. The van der Waals surface area contributed by atoms with E-state index >= 15 is 0 Å². The number of hydrogen-bond donors (Lipinski definition) is 0. The van der Waals surface area contributed by atoms with Gasteiger partial charge in [0, 0.05) is 16.9 Å². The van der Waals surface area contributed by atoms with Crippen LogP contribution in [0.2, 0.25) is 43.3 Å². The van der Waals surface area contributed by atoms with Gasteiger partial charge in [-0.3, -0.25) is 0 Å². The maximum Gasteiger partial charge on any atom is 0.0445 e. The van der Waals surface area contributed by atoms with Crippen molar-refractivity contribution in [2.45, 2.75) is 90.3 Å². The van der Waals surface area contributed by atoms with E-state index in [2.05, 4.69) is 53.9 Å². The van der Waals surface area contributed by atoms with Gasteiger partial charge in [0.1, 0.15) is 0 Å². The van der Waals surface area contributed by atoms with E-state index < -0.39 is 16.9 Å². The summed E-state index contributed by atoms with van der Waals surface area (Å²) < 4.78 is 0. The Morgan fingerprint density at radius 3 is 1.86 bits per heavy atom. The molecule has 2 rings (SSSR count). The molecule has 0 radical (unpaired) electrons. The number of hydrogen-bond acceptors (Lipinski definition) is 0. The smallest absolute Gasteiger partial charge is 0.0445 e. The largest absolute Gasteiger partial charge is 0.0716 e. The van der Waals surface area contributed by atoms with Gasteiger partial charge in [-0.05, 0) is 40.7 Å². The zero-order valence-electron chi connectivity index (χ0n) is 15.9. The van der Waals surface area contributed by atoms with Gasteiger partial charge in [0.15, 0.2) is 0 Å². The molecule has 0 N–H and O–H groups in total.